The van der Waals surface area contributed by atoms with Crippen molar-refractivity contribution in [1.29, 1.82) is 0 Å². The third kappa shape index (κ3) is 3.01. The lowest BCUT2D eigenvalue weighted by atomic mass is 10.1. The Bertz CT molecular complexity index is 888. The number of aryl methyl sites for hydroxylation is 2. The van der Waals surface area contributed by atoms with Crippen LogP contribution in [0.4, 0.5) is 5.69 Å². The van der Waals surface area contributed by atoms with Gasteiger partial charge in [-0.3, -0.25) is 4.79 Å². The minimum atomic E-state index is -0.136. The summed E-state index contributed by atoms with van der Waals surface area (Å²) in [6, 6.07) is 15.1. The number of methoxy groups -OCH3 is 1. The summed E-state index contributed by atoms with van der Waals surface area (Å²) >= 11 is 0. The molecule has 1 amide bonds. The molecule has 1 aromatic heterocycles. The number of ether oxygens (including phenoxy) is 1. The Morgan fingerprint density at radius 2 is 1.87 bits per heavy atom. The topological polar surface area (TPSA) is 51.2 Å². The molecule has 23 heavy (non-hydrogen) atoms. The SMILES string of the molecule is COc1cccc2c(NC(=O)c3cccc(C)c3)cc(C)nc12. The number of anilines is 1. The minimum Gasteiger partial charge on any atom is -0.494 e. The lowest BCUT2D eigenvalue weighted by molar-refractivity contribution is 0.102. The fraction of sp³-hybridized carbons (Fsp3) is 0.158. The zero-order valence-electron chi connectivity index (χ0n) is 13.4. The molecule has 3 aromatic rings. The number of benzene rings is 2. The summed E-state index contributed by atoms with van der Waals surface area (Å²) in [5, 5.41) is 3.84. The van der Waals surface area contributed by atoms with Crippen molar-refractivity contribution in [2.75, 3.05) is 12.4 Å². The molecule has 0 atom stereocenters. The highest BCUT2D eigenvalue weighted by molar-refractivity contribution is 6.09. The molecule has 0 fully saturated rings. The van der Waals surface area contributed by atoms with Gasteiger partial charge in [0.25, 0.3) is 5.91 Å². The van der Waals surface area contributed by atoms with E-state index >= 15 is 0 Å². The molecule has 4 heteroatoms. The summed E-state index contributed by atoms with van der Waals surface area (Å²) in [5.41, 5.74) is 3.99. The molecule has 4 nitrogen and oxygen atoms in total. The van der Waals surface area contributed by atoms with E-state index in [0.29, 0.717) is 11.3 Å². The lowest BCUT2D eigenvalue weighted by Crippen LogP contribution is -2.12. The molecule has 0 unspecified atom stereocenters. The van der Waals surface area contributed by atoms with Crippen molar-refractivity contribution >= 4 is 22.5 Å². The van der Waals surface area contributed by atoms with Gasteiger partial charge in [0.15, 0.2) is 0 Å². The number of amides is 1. The number of nitrogens with zero attached hydrogens (tertiary/aromatic N) is 1. The Kier molecular flexibility index (Phi) is 3.98. The first-order chi connectivity index (χ1) is 11.1. The van der Waals surface area contributed by atoms with E-state index < -0.39 is 0 Å². The van der Waals surface area contributed by atoms with Crippen LogP contribution < -0.4 is 10.1 Å². The van der Waals surface area contributed by atoms with Gasteiger partial charge < -0.3 is 10.1 Å². The van der Waals surface area contributed by atoms with Gasteiger partial charge >= 0.3 is 0 Å². The Labute approximate surface area is 135 Å². The molecule has 1 heterocycles. The number of pyridine rings is 1. The molecule has 116 valence electrons. The molecule has 0 bridgehead atoms. The third-order valence-corrected chi connectivity index (χ3v) is 3.68. The fourth-order valence-electron chi connectivity index (χ4n) is 2.60. The van der Waals surface area contributed by atoms with Crippen molar-refractivity contribution in [3.05, 3.63) is 65.4 Å². The highest BCUT2D eigenvalue weighted by Gasteiger charge is 2.12. The highest BCUT2D eigenvalue weighted by Crippen LogP contribution is 2.30. The van der Waals surface area contributed by atoms with Crippen molar-refractivity contribution in [2.24, 2.45) is 0 Å². The summed E-state index contributed by atoms with van der Waals surface area (Å²) in [4.78, 5) is 17.0. The van der Waals surface area contributed by atoms with Crippen LogP contribution in [-0.2, 0) is 0 Å². The Morgan fingerprint density at radius 1 is 1.09 bits per heavy atom. The number of fused-ring (bicyclic) bond motifs is 1. The molecule has 3 rings (SSSR count). The van der Waals surface area contributed by atoms with E-state index in [1.807, 2.05) is 56.3 Å². The van der Waals surface area contributed by atoms with E-state index in [2.05, 4.69) is 10.3 Å². The summed E-state index contributed by atoms with van der Waals surface area (Å²) in [7, 11) is 1.61. The van der Waals surface area contributed by atoms with Crippen LogP contribution in [0.1, 0.15) is 21.6 Å². The number of carbonyl (C=O) groups excluding carboxylic acids is 1. The minimum absolute atomic E-state index is 0.136. The first-order valence-corrected chi connectivity index (χ1v) is 7.41. The first kappa shape index (κ1) is 15.0. The van der Waals surface area contributed by atoms with E-state index in [0.717, 1.165) is 27.8 Å². The summed E-state index contributed by atoms with van der Waals surface area (Å²) in [6.07, 6.45) is 0. The molecule has 2 aromatic carbocycles. The molecule has 0 aliphatic carbocycles. The van der Waals surface area contributed by atoms with Crippen LogP contribution in [0, 0.1) is 13.8 Å². The number of hydrogen-bond acceptors (Lipinski definition) is 3. The smallest absolute Gasteiger partial charge is 0.255 e. The molecule has 0 aliphatic rings. The predicted molar refractivity (Wildman–Crippen MR) is 92.2 cm³/mol. The second-order valence-corrected chi connectivity index (χ2v) is 5.49. The number of nitrogens with one attached hydrogen (secondary N) is 1. The summed E-state index contributed by atoms with van der Waals surface area (Å²) < 4.78 is 5.37. The Hall–Kier alpha value is -2.88. The highest BCUT2D eigenvalue weighted by atomic mass is 16.5. The van der Waals surface area contributed by atoms with Gasteiger partial charge in [0.2, 0.25) is 0 Å². The second-order valence-electron chi connectivity index (χ2n) is 5.49. The van der Waals surface area contributed by atoms with E-state index in [1.165, 1.54) is 0 Å². The fourth-order valence-corrected chi connectivity index (χ4v) is 2.60. The zero-order chi connectivity index (χ0) is 16.4. The lowest BCUT2D eigenvalue weighted by Gasteiger charge is -2.12. The number of hydrogen-bond donors (Lipinski definition) is 1. The van der Waals surface area contributed by atoms with Gasteiger partial charge in [-0.05, 0) is 38.1 Å². The van der Waals surface area contributed by atoms with Crippen LogP contribution in [0.2, 0.25) is 0 Å². The number of aromatic nitrogens is 1. The summed E-state index contributed by atoms with van der Waals surface area (Å²) in [5.74, 6) is 0.556. The number of carbonyl (C=O) groups is 1. The van der Waals surface area contributed by atoms with Gasteiger partial charge in [-0.25, -0.2) is 4.98 Å². The van der Waals surface area contributed by atoms with Crippen LogP contribution in [0.15, 0.2) is 48.5 Å². The first-order valence-electron chi connectivity index (χ1n) is 7.41. The number of para-hydroxylation sites is 1. The Morgan fingerprint density at radius 3 is 2.61 bits per heavy atom. The molecular formula is C19H18N2O2. The van der Waals surface area contributed by atoms with Crippen LogP contribution in [0.3, 0.4) is 0 Å². The maximum absolute atomic E-state index is 12.5. The van der Waals surface area contributed by atoms with E-state index in [-0.39, 0.29) is 5.91 Å². The molecule has 0 saturated carbocycles. The van der Waals surface area contributed by atoms with Gasteiger partial charge in [0, 0.05) is 16.6 Å². The van der Waals surface area contributed by atoms with E-state index in [4.69, 9.17) is 4.74 Å². The van der Waals surface area contributed by atoms with Crippen LogP contribution in [0.5, 0.6) is 5.75 Å². The quantitative estimate of drug-likeness (QED) is 0.792. The zero-order valence-corrected chi connectivity index (χ0v) is 13.4. The van der Waals surface area contributed by atoms with Crippen molar-refractivity contribution in [3.8, 4) is 5.75 Å². The normalized spacial score (nSPS) is 10.6. The van der Waals surface area contributed by atoms with E-state index in [1.54, 1.807) is 13.2 Å². The van der Waals surface area contributed by atoms with Crippen molar-refractivity contribution < 1.29 is 9.53 Å². The molecule has 1 N–H and O–H groups in total. The van der Waals surface area contributed by atoms with Crippen LogP contribution >= 0.6 is 0 Å². The maximum Gasteiger partial charge on any atom is 0.255 e. The summed E-state index contributed by atoms with van der Waals surface area (Å²) in [6.45, 7) is 3.86. The predicted octanol–water partition coefficient (Wildman–Crippen LogP) is 4.11. The molecule has 0 saturated heterocycles. The second kappa shape index (κ2) is 6.08. The van der Waals surface area contributed by atoms with Crippen molar-refractivity contribution in [1.82, 2.24) is 4.98 Å². The Balaban J connectivity index is 2.04. The van der Waals surface area contributed by atoms with Crippen LogP contribution in [-0.4, -0.2) is 18.0 Å². The number of rotatable bonds is 3. The monoisotopic (exact) mass is 306 g/mol. The van der Waals surface area contributed by atoms with E-state index in [9.17, 15) is 4.79 Å². The molecular weight excluding hydrogens is 288 g/mol. The van der Waals surface area contributed by atoms with Crippen LogP contribution in [0.25, 0.3) is 10.9 Å². The molecule has 0 aliphatic heterocycles. The van der Waals surface area contributed by atoms with Gasteiger partial charge in [-0.15, -0.1) is 0 Å². The molecule has 0 radical (unpaired) electrons. The average Bonchev–Trinajstić information content (AvgIpc) is 2.54. The standard InChI is InChI=1S/C19H18N2O2/c1-12-6-4-7-14(10-12)19(22)21-16-11-13(2)20-18-15(16)8-5-9-17(18)23-3/h4-11H,1-3H3,(H,20,21,22). The average molecular weight is 306 g/mol. The maximum atomic E-state index is 12.5. The van der Waals surface area contributed by atoms with Gasteiger partial charge in [-0.1, -0.05) is 29.8 Å². The van der Waals surface area contributed by atoms with Gasteiger partial charge in [0.1, 0.15) is 11.3 Å². The van der Waals surface area contributed by atoms with Gasteiger partial charge in [-0.2, -0.15) is 0 Å². The third-order valence-electron chi connectivity index (χ3n) is 3.68. The molecule has 0 spiro atoms. The largest absolute Gasteiger partial charge is 0.494 e. The van der Waals surface area contributed by atoms with Gasteiger partial charge in [0.05, 0.1) is 12.8 Å². The van der Waals surface area contributed by atoms with Crippen molar-refractivity contribution in [2.45, 2.75) is 13.8 Å². The van der Waals surface area contributed by atoms with Crippen molar-refractivity contribution in [3.63, 3.8) is 0 Å².